The van der Waals surface area contributed by atoms with E-state index in [-0.39, 0.29) is 30.6 Å². The van der Waals surface area contributed by atoms with E-state index in [2.05, 4.69) is 10.3 Å². The fourth-order valence-corrected chi connectivity index (χ4v) is 3.61. The van der Waals surface area contributed by atoms with Crippen molar-refractivity contribution in [2.75, 3.05) is 19.0 Å². The van der Waals surface area contributed by atoms with Gasteiger partial charge < -0.3 is 15.2 Å². The van der Waals surface area contributed by atoms with E-state index in [4.69, 9.17) is 4.74 Å². The third-order valence-electron chi connectivity index (χ3n) is 3.58. The molecule has 1 aromatic carbocycles. The average Bonchev–Trinajstić information content (AvgIpc) is 2.90. The Morgan fingerprint density at radius 2 is 2.25 bits per heavy atom. The van der Waals surface area contributed by atoms with Crippen molar-refractivity contribution in [3.63, 3.8) is 0 Å². The summed E-state index contributed by atoms with van der Waals surface area (Å²) in [4.78, 5) is 16.6. The number of benzene rings is 1. The van der Waals surface area contributed by atoms with Gasteiger partial charge in [-0.2, -0.15) is 0 Å². The van der Waals surface area contributed by atoms with E-state index >= 15 is 0 Å². The van der Waals surface area contributed by atoms with Crippen molar-refractivity contribution in [3.05, 3.63) is 35.9 Å². The molecule has 1 fully saturated rings. The van der Waals surface area contributed by atoms with Crippen molar-refractivity contribution in [2.24, 2.45) is 10.9 Å². The summed E-state index contributed by atoms with van der Waals surface area (Å²) >= 11 is 1.51. The molecule has 1 amide bonds. The maximum Gasteiger partial charge on any atom is 0.257 e. The first kappa shape index (κ1) is 13.6. The minimum Gasteiger partial charge on any atom is -0.394 e. The number of carbonyl (C=O) groups is 1. The van der Waals surface area contributed by atoms with Crippen LogP contribution in [0.15, 0.2) is 35.3 Å². The molecule has 2 N–H and O–H groups in total. The Kier molecular flexibility index (Phi) is 4.05. The molecule has 0 radical (unpaired) electrons. The fraction of sp³-hybridized carbons (Fsp3) is 0.429. The second kappa shape index (κ2) is 5.95. The molecular formula is C14H16N2O3S. The zero-order chi connectivity index (χ0) is 13.9. The number of aliphatic imine (C=N–C) groups is 1. The van der Waals surface area contributed by atoms with Crippen LogP contribution in [0.5, 0.6) is 0 Å². The van der Waals surface area contributed by atoms with Crippen LogP contribution in [0.4, 0.5) is 0 Å². The van der Waals surface area contributed by atoms with Crippen LogP contribution in [0, 0.1) is 5.92 Å². The largest absolute Gasteiger partial charge is 0.394 e. The van der Waals surface area contributed by atoms with E-state index < -0.39 is 0 Å². The molecule has 2 aliphatic rings. The average molecular weight is 292 g/mol. The zero-order valence-corrected chi connectivity index (χ0v) is 11.7. The number of amides is 1. The standard InChI is InChI=1S/C14H16N2O3S/c17-6-12-10-8-20-14(15-11(10)7-19-12)16-13(18)9-4-2-1-3-5-9/h1-5,10-12,17H,6-8H2,(H,15,16,18)/t10?,11?,12-/m1/s1. The minimum absolute atomic E-state index is 0.0307. The SMILES string of the molecule is O=C(NC1=NC2CO[C@H](CO)C2CS1)c1ccccc1. The predicted octanol–water partition coefficient (Wildman–Crippen LogP) is 0.895. The Labute approximate surface area is 121 Å². The molecule has 0 saturated carbocycles. The van der Waals surface area contributed by atoms with Crippen molar-refractivity contribution in [2.45, 2.75) is 12.1 Å². The van der Waals surface area contributed by atoms with Gasteiger partial charge in [0.1, 0.15) is 0 Å². The van der Waals surface area contributed by atoms with Crippen LogP contribution in [-0.4, -0.2) is 47.3 Å². The van der Waals surface area contributed by atoms with Crippen molar-refractivity contribution in [1.29, 1.82) is 0 Å². The highest BCUT2D eigenvalue weighted by Crippen LogP contribution is 2.31. The summed E-state index contributed by atoms with van der Waals surface area (Å²) in [6.07, 6.45) is -0.123. The third kappa shape index (κ3) is 2.72. The Hall–Kier alpha value is -1.37. The summed E-state index contributed by atoms with van der Waals surface area (Å²) in [5.74, 6) is 0.902. The Morgan fingerprint density at radius 3 is 3.00 bits per heavy atom. The smallest absolute Gasteiger partial charge is 0.257 e. The summed E-state index contributed by atoms with van der Waals surface area (Å²) in [6.45, 7) is 0.546. The second-order valence-electron chi connectivity index (χ2n) is 4.85. The van der Waals surface area contributed by atoms with Gasteiger partial charge >= 0.3 is 0 Å². The molecule has 5 nitrogen and oxygen atoms in total. The van der Waals surface area contributed by atoms with E-state index in [1.807, 2.05) is 18.2 Å². The van der Waals surface area contributed by atoms with Crippen LogP contribution in [0.2, 0.25) is 0 Å². The molecule has 2 unspecified atom stereocenters. The molecule has 0 aliphatic carbocycles. The molecule has 20 heavy (non-hydrogen) atoms. The van der Waals surface area contributed by atoms with Gasteiger partial charge in [-0.3, -0.25) is 9.79 Å². The Morgan fingerprint density at radius 1 is 1.45 bits per heavy atom. The van der Waals surface area contributed by atoms with Gasteiger partial charge in [-0.15, -0.1) is 0 Å². The monoisotopic (exact) mass is 292 g/mol. The number of fused-ring (bicyclic) bond motifs is 1. The number of nitrogens with zero attached hydrogens (tertiary/aromatic N) is 1. The lowest BCUT2D eigenvalue weighted by molar-refractivity contribution is 0.0438. The van der Waals surface area contributed by atoms with Crippen molar-refractivity contribution >= 4 is 22.8 Å². The van der Waals surface area contributed by atoms with Crippen LogP contribution < -0.4 is 5.32 Å². The molecule has 0 aromatic heterocycles. The molecule has 0 spiro atoms. The number of ether oxygens (including phenoxy) is 1. The molecule has 1 aromatic rings. The number of aliphatic hydroxyl groups excluding tert-OH is 1. The van der Waals surface area contributed by atoms with Gasteiger partial charge in [0.15, 0.2) is 5.17 Å². The second-order valence-corrected chi connectivity index (χ2v) is 5.86. The molecule has 106 valence electrons. The first-order valence-electron chi connectivity index (χ1n) is 6.57. The highest BCUT2D eigenvalue weighted by molar-refractivity contribution is 8.13. The number of hydrogen-bond donors (Lipinski definition) is 2. The number of thioether (sulfide) groups is 1. The van der Waals surface area contributed by atoms with E-state index in [0.29, 0.717) is 17.3 Å². The summed E-state index contributed by atoms with van der Waals surface area (Å²) in [5.41, 5.74) is 0.619. The van der Waals surface area contributed by atoms with Crippen molar-refractivity contribution < 1.29 is 14.6 Å². The number of rotatable bonds is 2. The molecule has 0 bridgehead atoms. The fourth-order valence-electron chi connectivity index (χ4n) is 2.45. The maximum absolute atomic E-state index is 12.0. The lowest BCUT2D eigenvalue weighted by Gasteiger charge is -2.24. The molecule has 3 rings (SSSR count). The van der Waals surface area contributed by atoms with E-state index in [0.717, 1.165) is 5.75 Å². The van der Waals surface area contributed by atoms with Crippen LogP contribution in [-0.2, 0) is 4.74 Å². The van der Waals surface area contributed by atoms with E-state index in [1.54, 1.807) is 12.1 Å². The van der Waals surface area contributed by atoms with Gasteiger partial charge in [0, 0.05) is 17.2 Å². The summed E-state index contributed by atoms with van der Waals surface area (Å²) in [5, 5.41) is 12.7. The number of hydrogen-bond acceptors (Lipinski definition) is 5. The highest BCUT2D eigenvalue weighted by atomic mass is 32.2. The molecule has 3 atom stereocenters. The van der Waals surface area contributed by atoms with E-state index in [1.165, 1.54) is 11.8 Å². The van der Waals surface area contributed by atoms with Gasteiger partial charge in [-0.1, -0.05) is 30.0 Å². The van der Waals surface area contributed by atoms with Crippen LogP contribution >= 0.6 is 11.8 Å². The molecular weight excluding hydrogens is 276 g/mol. The summed E-state index contributed by atoms with van der Waals surface area (Å²) in [7, 11) is 0. The van der Waals surface area contributed by atoms with Gasteiger partial charge in [0.05, 0.1) is 25.4 Å². The first-order chi connectivity index (χ1) is 9.78. The number of amidine groups is 1. The molecule has 2 aliphatic heterocycles. The number of aliphatic hydroxyl groups is 1. The Bertz CT molecular complexity index is 520. The lowest BCUT2D eigenvalue weighted by Crippen LogP contribution is -2.37. The topological polar surface area (TPSA) is 70.9 Å². The minimum atomic E-state index is -0.145. The molecule has 2 heterocycles. The number of nitrogens with one attached hydrogen (secondary N) is 1. The zero-order valence-electron chi connectivity index (χ0n) is 10.9. The summed E-state index contributed by atoms with van der Waals surface area (Å²) < 4.78 is 5.50. The highest BCUT2D eigenvalue weighted by Gasteiger charge is 2.39. The third-order valence-corrected chi connectivity index (χ3v) is 4.62. The molecule has 6 heteroatoms. The van der Waals surface area contributed by atoms with Gasteiger partial charge in [0.2, 0.25) is 0 Å². The van der Waals surface area contributed by atoms with Crippen molar-refractivity contribution in [1.82, 2.24) is 5.32 Å². The quantitative estimate of drug-likeness (QED) is 0.849. The first-order valence-corrected chi connectivity index (χ1v) is 7.56. The van der Waals surface area contributed by atoms with Crippen LogP contribution in [0.25, 0.3) is 0 Å². The van der Waals surface area contributed by atoms with Crippen molar-refractivity contribution in [3.8, 4) is 0 Å². The van der Waals surface area contributed by atoms with Gasteiger partial charge in [0.25, 0.3) is 5.91 Å². The normalized spacial score (nSPS) is 28.6. The van der Waals surface area contributed by atoms with Crippen LogP contribution in [0.3, 0.4) is 0 Å². The van der Waals surface area contributed by atoms with Gasteiger partial charge in [-0.05, 0) is 12.1 Å². The lowest BCUT2D eigenvalue weighted by atomic mass is 10.00. The van der Waals surface area contributed by atoms with Gasteiger partial charge in [-0.25, -0.2) is 0 Å². The van der Waals surface area contributed by atoms with Crippen LogP contribution in [0.1, 0.15) is 10.4 Å². The Balaban J connectivity index is 1.66. The molecule has 1 saturated heterocycles. The summed E-state index contributed by atoms with van der Waals surface area (Å²) in [6, 6.07) is 9.12. The maximum atomic E-state index is 12.0. The number of carbonyl (C=O) groups excluding carboxylic acids is 1. The van der Waals surface area contributed by atoms with E-state index in [9.17, 15) is 9.90 Å². The predicted molar refractivity (Wildman–Crippen MR) is 77.9 cm³/mol.